The summed E-state index contributed by atoms with van der Waals surface area (Å²) in [6, 6.07) is 13.0. The van der Waals surface area contributed by atoms with Crippen LogP contribution in [0.15, 0.2) is 65.8 Å². The Morgan fingerprint density at radius 3 is 2.62 bits per heavy atom. The lowest BCUT2D eigenvalue weighted by molar-refractivity contribution is 0.0950. The van der Waals surface area contributed by atoms with Crippen LogP contribution in [0.3, 0.4) is 0 Å². The van der Waals surface area contributed by atoms with E-state index >= 15 is 0 Å². The Bertz CT molecular complexity index is 1430. The molecule has 32 heavy (non-hydrogen) atoms. The molecule has 3 aromatic heterocycles. The van der Waals surface area contributed by atoms with Crippen LogP contribution in [-0.4, -0.2) is 41.3 Å². The number of carbonyl (C=O) groups excluding carboxylic acids is 1. The number of fused-ring (bicyclic) bond motifs is 1. The number of aromatic nitrogens is 4. The monoisotopic (exact) mass is 468 g/mol. The summed E-state index contributed by atoms with van der Waals surface area (Å²) in [7, 11) is -2.33. The number of carbonyl (C=O) groups is 1. The minimum Gasteiger partial charge on any atom is -0.346 e. The van der Waals surface area contributed by atoms with Crippen LogP contribution in [-0.2, 0) is 16.6 Å². The fourth-order valence-corrected chi connectivity index (χ4v) is 3.89. The molecule has 0 atom stereocenters. The van der Waals surface area contributed by atoms with Crippen molar-refractivity contribution in [3.05, 3.63) is 77.5 Å². The van der Waals surface area contributed by atoms with Gasteiger partial charge in [-0.3, -0.25) is 9.78 Å². The summed E-state index contributed by atoms with van der Waals surface area (Å²) < 4.78 is 26.1. The number of nitrogens with one attached hydrogen (secondary N) is 2. The third-order valence-corrected chi connectivity index (χ3v) is 6.22. The maximum atomic E-state index is 12.5. The van der Waals surface area contributed by atoms with E-state index in [1.165, 1.54) is 25.2 Å². The van der Waals surface area contributed by atoms with Gasteiger partial charge in [-0.1, -0.05) is 6.07 Å². The Kier molecular flexibility index (Phi) is 6.08. The van der Waals surface area contributed by atoms with Gasteiger partial charge in [-0.25, -0.2) is 28.1 Å². The summed E-state index contributed by atoms with van der Waals surface area (Å²) in [5.74, 6) is -0.419. The predicted molar refractivity (Wildman–Crippen MR) is 119 cm³/mol. The number of benzene rings is 1. The van der Waals surface area contributed by atoms with Crippen LogP contribution in [0.25, 0.3) is 22.3 Å². The van der Waals surface area contributed by atoms with Crippen molar-refractivity contribution in [2.45, 2.75) is 11.4 Å². The first kappa shape index (κ1) is 21.8. The molecule has 1 aromatic carbocycles. The third-order valence-electron chi connectivity index (χ3n) is 4.62. The fourth-order valence-electron chi connectivity index (χ4n) is 2.97. The van der Waals surface area contributed by atoms with Crippen molar-refractivity contribution in [1.29, 1.82) is 0 Å². The van der Waals surface area contributed by atoms with E-state index in [0.29, 0.717) is 22.6 Å². The van der Waals surface area contributed by atoms with Crippen molar-refractivity contribution in [1.82, 2.24) is 30.0 Å². The van der Waals surface area contributed by atoms with E-state index in [1.54, 1.807) is 30.6 Å². The van der Waals surface area contributed by atoms with E-state index in [0.717, 1.165) is 5.39 Å². The Morgan fingerprint density at radius 2 is 1.84 bits per heavy atom. The van der Waals surface area contributed by atoms with Crippen molar-refractivity contribution in [2.24, 2.45) is 0 Å². The molecule has 0 aliphatic heterocycles. The van der Waals surface area contributed by atoms with Crippen LogP contribution in [0.1, 0.15) is 16.1 Å². The van der Waals surface area contributed by atoms with Gasteiger partial charge < -0.3 is 5.32 Å². The highest BCUT2D eigenvalue weighted by atomic mass is 35.5. The summed E-state index contributed by atoms with van der Waals surface area (Å²) in [4.78, 5) is 29.5. The van der Waals surface area contributed by atoms with Crippen molar-refractivity contribution in [3.8, 4) is 11.4 Å². The van der Waals surface area contributed by atoms with Gasteiger partial charge in [0.25, 0.3) is 5.91 Å². The van der Waals surface area contributed by atoms with Crippen LogP contribution >= 0.6 is 11.6 Å². The lowest BCUT2D eigenvalue weighted by atomic mass is 10.2. The minimum atomic E-state index is -3.64. The first-order valence-corrected chi connectivity index (χ1v) is 11.3. The molecule has 0 bridgehead atoms. The highest BCUT2D eigenvalue weighted by Gasteiger charge is 2.14. The number of hydrogen-bond acceptors (Lipinski definition) is 7. The average molecular weight is 469 g/mol. The Hall–Kier alpha value is -3.47. The first-order chi connectivity index (χ1) is 15.4. The number of pyridine rings is 2. The van der Waals surface area contributed by atoms with Crippen molar-refractivity contribution >= 4 is 38.4 Å². The number of rotatable bonds is 6. The Morgan fingerprint density at radius 1 is 1.03 bits per heavy atom. The standard InChI is InChI=1S/C21H17ClN6O3S/c1-23-32(30,31)16-4-2-3-13(9-16)20(29)26-12-15-10-19-14(11-25-15)5-6-17(27-19)18-7-8-24-21(22)28-18/h2-11,23H,12H2,1H3,(H,26,29). The summed E-state index contributed by atoms with van der Waals surface area (Å²) in [5.41, 5.74) is 2.72. The van der Waals surface area contributed by atoms with Gasteiger partial charge in [0.1, 0.15) is 0 Å². The van der Waals surface area contributed by atoms with Crippen molar-refractivity contribution in [2.75, 3.05) is 7.05 Å². The molecule has 1 amide bonds. The highest BCUT2D eigenvalue weighted by molar-refractivity contribution is 7.89. The quantitative estimate of drug-likeness (QED) is 0.416. The van der Waals surface area contributed by atoms with E-state index in [-0.39, 0.29) is 22.3 Å². The largest absolute Gasteiger partial charge is 0.346 e. The molecule has 0 saturated heterocycles. The van der Waals surface area contributed by atoms with E-state index in [1.807, 2.05) is 12.1 Å². The van der Waals surface area contributed by atoms with Gasteiger partial charge in [0.2, 0.25) is 15.3 Å². The fraction of sp³-hybridized carbons (Fsp3) is 0.0952. The molecule has 4 aromatic rings. The maximum absolute atomic E-state index is 12.5. The normalized spacial score (nSPS) is 11.4. The van der Waals surface area contributed by atoms with E-state index < -0.39 is 15.9 Å². The SMILES string of the molecule is CNS(=O)(=O)c1cccc(C(=O)NCc2cc3nc(-c4ccnc(Cl)n4)ccc3cn2)c1. The summed E-state index contributed by atoms with van der Waals surface area (Å²) in [6.07, 6.45) is 3.22. The van der Waals surface area contributed by atoms with Crippen LogP contribution in [0, 0.1) is 0 Å². The molecule has 3 heterocycles. The molecule has 2 N–H and O–H groups in total. The van der Waals surface area contributed by atoms with Gasteiger partial charge in [0.05, 0.1) is 34.0 Å². The molecule has 0 saturated carbocycles. The number of halogens is 1. The van der Waals surface area contributed by atoms with Gasteiger partial charge in [0.15, 0.2) is 0 Å². The molecule has 0 aliphatic rings. The van der Waals surface area contributed by atoms with Gasteiger partial charge in [-0.05, 0) is 61.1 Å². The highest BCUT2D eigenvalue weighted by Crippen LogP contribution is 2.20. The molecule has 0 radical (unpaired) electrons. The molecule has 11 heteroatoms. The second-order valence-electron chi connectivity index (χ2n) is 6.69. The number of amides is 1. The first-order valence-electron chi connectivity index (χ1n) is 9.42. The van der Waals surface area contributed by atoms with E-state index in [2.05, 4.69) is 30.0 Å². The molecule has 162 valence electrons. The lowest BCUT2D eigenvalue weighted by Gasteiger charge is -2.08. The zero-order valence-electron chi connectivity index (χ0n) is 16.8. The molecule has 9 nitrogen and oxygen atoms in total. The Balaban J connectivity index is 1.53. The van der Waals surface area contributed by atoms with Crippen molar-refractivity contribution < 1.29 is 13.2 Å². The molecule has 0 aliphatic carbocycles. The topological polar surface area (TPSA) is 127 Å². The number of sulfonamides is 1. The number of hydrogen-bond donors (Lipinski definition) is 2. The zero-order chi connectivity index (χ0) is 22.7. The second kappa shape index (κ2) is 8.95. The summed E-state index contributed by atoms with van der Waals surface area (Å²) in [6.45, 7) is 0.142. The lowest BCUT2D eigenvalue weighted by Crippen LogP contribution is -2.24. The zero-order valence-corrected chi connectivity index (χ0v) is 18.4. The maximum Gasteiger partial charge on any atom is 0.251 e. The van der Waals surface area contributed by atoms with Gasteiger partial charge in [0, 0.05) is 23.3 Å². The van der Waals surface area contributed by atoms with Gasteiger partial charge in [-0.15, -0.1) is 0 Å². The van der Waals surface area contributed by atoms with Crippen molar-refractivity contribution in [3.63, 3.8) is 0 Å². The van der Waals surface area contributed by atoms with Gasteiger partial charge >= 0.3 is 0 Å². The molecule has 0 unspecified atom stereocenters. The molecule has 0 spiro atoms. The van der Waals surface area contributed by atoms with Crippen LogP contribution in [0.2, 0.25) is 5.28 Å². The summed E-state index contributed by atoms with van der Waals surface area (Å²) >= 11 is 5.87. The smallest absolute Gasteiger partial charge is 0.251 e. The minimum absolute atomic E-state index is 0.0121. The third kappa shape index (κ3) is 4.72. The molecule has 0 fully saturated rings. The number of nitrogens with zero attached hydrogens (tertiary/aromatic N) is 4. The van der Waals surface area contributed by atoms with Crippen LogP contribution in [0.5, 0.6) is 0 Å². The molecule has 4 rings (SSSR count). The van der Waals surface area contributed by atoms with Crippen LogP contribution < -0.4 is 10.0 Å². The second-order valence-corrected chi connectivity index (χ2v) is 8.92. The molecular formula is C21H17ClN6O3S. The average Bonchev–Trinajstić information content (AvgIpc) is 2.82. The van der Waals surface area contributed by atoms with Gasteiger partial charge in [-0.2, -0.15) is 0 Å². The molecular weight excluding hydrogens is 452 g/mol. The summed E-state index contributed by atoms with van der Waals surface area (Å²) in [5, 5.41) is 3.71. The van der Waals surface area contributed by atoms with E-state index in [4.69, 9.17) is 11.6 Å². The Labute approximate surface area is 189 Å². The predicted octanol–water partition coefficient (Wildman–Crippen LogP) is 2.58. The van der Waals surface area contributed by atoms with E-state index in [9.17, 15) is 13.2 Å². The van der Waals surface area contributed by atoms with Crippen LogP contribution in [0.4, 0.5) is 0 Å².